The number of hydrogen-bond acceptors (Lipinski definition) is 4. The van der Waals surface area contributed by atoms with Crippen LogP contribution in [0.3, 0.4) is 0 Å². The van der Waals surface area contributed by atoms with Crippen LogP contribution in [0.2, 0.25) is 0 Å². The highest BCUT2D eigenvalue weighted by atomic mass is 32.1. The first-order valence-electron chi connectivity index (χ1n) is 9.34. The summed E-state index contributed by atoms with van der Waals surface area (Å²) >= 11 is 3.09. The molecule has 0 spiro atoms. The highest BCUT2D eigenvalue weighted by Crippen LogP contribution is 2.19. The van der Waals surface area contributed by atoms with Gasteiger partial charge >= 0.3 is 0 Å². The SMILES string of the molecule is N=C(Nc1cccc(/C=C/c2cccc(NC(=N)c3cccs3)c2)c1)c1cccs1. The summed E-state index contributed by atoms with van der Waals surface area (Å²) in [5.74, 6) is 0.802. The molecule has 6 heteroatoms. The fourth-order valence-electron chi connectivity index (χ4n) is 2.89. The van der Waals surface area contributed by atoms with E-state index < -0.39 is 0 Å². The van der Waals surface area contributed by atoms with Crippen molar-refractivity contribution in [2.75, 3.05) is 10.6 Å². The Balaban J connectivity index is 1.43. The molecular formula is C24H20N4S2. The van der Waals surface area contributed by atoms with E-state index in [1.807, 2.05) is 95.7 Å². The fraction of sp³-hybridized carbons (Fsp3) is 0. The van der Waals surface area contributed by atoms with Crippen molar-refractivity contribution in [3.05, 3.63) is 104 Å². The summed E-state index contributed by atoms with van der Waals surface area (Å²) in [7, 11) is 0. The van der Waals surface area contributed by atoms with Gasteiger partial charge < -0.3 is 10.6 Å². The standard InChI is InChI=1S/C24H20N4S2/c25-23(21-9-3-13-29-21)27-19-7-1-5-17(15-19)11-12-18-6-2-8-20(16-18)28-24(26)22-10-4-14-30-22/h1-16H,(H2,25,27)(H2,26,28)/b12-11+. The summed E-state index contributed by atoms with van der Waals surface area (Å²) in [6.07, 6.45) is 4.09. The average molecular weight is 429 g/mol. The van der Waals surface area contributed by atoms with E-state index in [1.54, 1.807) is 22.7 Å². The molecule has 0 aliphatic rings. The fourth-order valence-corrected chi connectivity index (χ4v) is 4.15. The lowest BCUT2D eigenvalue weighted by atomic mass is 10.1. The molecule has 4 N–H and O–H groups in total. The summed E-state index contributed by atoms with van der Waals surface area (Å²) in [5, 5.41) is 26.6. The van der Waals surface area contributed by atoms with Crippen LogP contribution in [-0.2, 0) is 0 Å². The molecular weight excluding hydrogens is 408 g/mol. The molecule has 0 radical (unpaired) electrons. The molecule has 2 aromatic carbocycles. The molecule has 0 amide bonds. The summed E-state index contributed by atoms with van der Waals surface area (Å²) in [6.45, 7) is 0. The first-order chi connectivity index (χ1) is 14.7. The zero-order chi connectivity index (χ0) is 20.8. The molecule has 4 nitrogen and oxygen atoms in total. The Morgan fingerprint density at radius 3 is 1.50 bits per heavy atom. The van der Waals surface area contributed by atoms with Gasteiger partial charge in [0.1, 0.15) is 11.7 Å². The minimum absolute atomic E-state index is 0.401. The van der Waals surface area contributed by atoms with E-state index in [-0.39, 0.29) is 0 Å². The quantitative estimate of drug-likeness (QED) is 0.154. The molecule has 0 bridgehead atoms. The number of rotatable bonds is 6. The largest absolute Gasteiger partial charge is 0.340 e. The van der Waals surface area contributed by atoms with Crippen LogP contribution in [-0.4, -0.2) is 11.7 Å². The number of amidine groups is 2. The Kier molecular flexibility index (Phi) is 6.17. The van der Waals surface area contributed by atoms with Crippen molar-refractivity contribution in [3.8, 4) is 0 Å². The maximum absolute atomic E-state index is 8.18. The van der Waals surface area contributed by atoms with Gasteiger partial charge in [-0.2, -0.15) is 0 Å². The van der Waals surface area contributed by atoms with Crippen LogP contribution in [0.15, 0.2) is 83.6 Å². The lowest BCUT2D eigenvalue weighted by Crippen LogP contribution is -2.10. The number of hydrogen-bond donors (Lipinski definition) is 4. The Morgan fingerprint density at radius 2 is 1.10 bits per heavy atom. The van der Waals surface area contributed by atoms with Gasteiger partial charge in [0.05, 0.1) is 9.75 Å². The van der Waals surface area contributed by atoms with Gasteiger partial charge in [-0.15, -0.1) is 22.7 Å². The molecule has 4 rings (SSSR count). The van der Waals surface area contributed by atoms with E-state index >= 15 is 0 Å². The van der Waals surface area contributed by atoms with Crippen LogP contribution in [0.25, 0.3) is 12.2 Å². The van der Waals surface area contributed by atoms with Crippen molar-refractivity contribution in [1.29, 1.82) is 10.8 Å². The molecule has 0 saturated heterocycles. The van der Waals surface area contributed by atoms with Gasteiger partial charge in [-0.25, -0.2) is 0 Å². The van der Waals surface area contributed by atoms with Gasteiger partial charge in [0.15, 0.2) is 0 Å². The van der Waals surface area contributed by atoms with Crippen molar-refractivity contribution < 1.29 is 0 Å². The normalized spacial score (nSPS) is 10.8. The Labute approximate surface area is 183 Å². The summed E-state index contributed by atoms with van der Waals surface area (Å²) in [6, 6.07) is 23.7. The van der Waals surface area contributed by atoms with E-state index in [4.69, 9.17) is 10.8 Å². The number of anilines is 2. The second-order valence-corrected chi connectivity index (χ2v) is 8.43. The molecule has 0 aliphatic heterocycles. The van der Waals surface area contributed by atoms with Crippen molar-refractivity contribution in [3.63, 3.8) is 0 Å². The van der Waals surface area contributed by atoms with Crippen LogP contribution in [0, 0.1) is 10.8 Å². The molecule has 0 atom stereocenters. The number of nitrogens with one attached hydrogen (secondary N) is 4. The van der Waals surface area contributed by atoms with E-state index in [9.17, 15) is 0 Å². The lowest BCUT2D eigenvalue weighted by Gasteiger charge is -2.08. The molecule has 4 aromatic rings. The Hall–Kier alpha value is -3.48. The topological polar surface area (TPSA) is 71.8 Å². The van der Waals surface area contributed by atoms with Gasteiger partial charge in [0.25, 0.3) is 0 Å². The predicted octanol–water partition coefficient (Wildman–Crippen LogP) is 6.85. The van der Waals surface area contributed by atoms with Crippen LogP contribution >= 0.6 is 22.7 Å². The third kappa shape index (κ3) is 5.11. The van der Waals surface area contributed by atoms with Crippen LogP contribution in [0.1, 0.15) is 20.9 Å². The Bertz CT molecular complexity index is 1080. The van der Waals surface area contributed by atoms with Crippen molar-refractivity contribution in [1.82, 2.24) is 0 Å². The molecule has 2 heterocycles. The van der Waals surface area contributed by atoms with Gasteiger partial charge in [-0.1, -0.05) is 48.6 Å². The van der Waals surface area contributed by atoms with Crippen molar-refractivity contribution in [2.24, 2.45) is 0 Å². The molecule has 0 saturated carbocycles. The second kappa shape index (κ2) is 9.35. The summed E-state index contributed by atoms with van der Waals surface area (Å²) in [4.78, 5) is 1.82. The molecule has 0 aliphatic carbocycles. The minimum atomic E-state index is 0.401. The van der Waals surface area contributed by atoms with E-state index in [0.29, 0.717) is 11.7 Å². The maximum atomic E-state index is 8.18. The second-order valence-electron chi connectivity index (χ2n) is 6.54. The predicted molar refractivity (Wildman–Crippen MR) is 131 cm³/mol. The number of thiophene rings is 2. The van der Waals surface area contributed by atoms with Gasteiger partial charge in [-0.05, 0) is 58.3 Å². The monoisotopic (exact) mass is 428 g/mol. The highest BCUT2D eigenvalue weighted by molar-refractivity contribution is 7.12. The summed E-state index contributed by atoms with van der Waals surface area (Å²) in [5.41, 5.74) is 3.86. The maximum Gasteiger partial charge on any atom is 0.140 e. The third-order valence-electron chi connectivity index (χ3n) is 4.32. The zero-order valence-corrected chi connectivity index (χ0v) is 17.7. The molecule has 148 valence electrons. The zero-order valence-electron chi connectivity index (χ0n) is 16.1. The van der Waals surface area contributed by atoms with Gasteiger partial charge in [0, 0.05) is 11.4 Å². The highest BCUT2D eigenvalue weighted by Gasteiger charge is 2.04. The third-order valence-corrected chi connectivity index (χ3v) is 6.09. The van der Waals surface area contributed by atoms with E-state index in [0.717, 1.165) is 32.3 Å². The van der Waals surface area contributed by atoms with Gasteiger partial charge in [0.2, 0.25) is 0 Å². The minimum Gasteiger partial charge on any atom is -0.340 e. The molecule has 2 aromatic heterocycles. The van der Waals surface area contributed by atoms with Gasteiger partial charge in [-0.3, -0.25) is 10.8 Å². The molecule has 0 fully saturated rings. The average Bonchev–Trinajstić information content (AvgIpc) is 3.47. The Morgan fingerprint density at radius 1 is 0.633 bits per heavy atom. The lowest BCUT2D eigenvalue weighted by molar-refractivity contribution is 1.47. The van der Waals surface area contributed by atoms with Crippen LogP contribution < -0.4 is 10.6 Å². The van der Waals surface area contributed by atoms with Crippen molar-refractivity contribution >= 4 is 57.9 Å². The first kappa shape index (κ1) is 19.8. The smallest absolute Gasteiger partial charge is 0.140 e. The number of benzene rings is 2. The van der Waals surface area contributed by atoms with Crippen LogP contribution in [0.4, 0.5) is 11.4 Å². The first-order valence-corrected chi connectivity index (χ1v) is 11.1. The summed E-state index contributed by atoms with van der Waals surface area (Å²) < 4.78 is 0. The molecule has 30 heavy (non-hydrogen) atoms. The molecule has 0 unspecified atom stereocenters. The van der Waals surface area contributed by atoms with E-state index in [2.05, 4.69) is 10.6 Å². The van der Waals surface area contributed by atoms with Crippen molar-refractivity contribution in [2.45, 2.75) is 0 Å². The van der Waals surface area contributed by atoms with Crippen LogP contribution in [0.5, 0.6) is 0 Å². The van der Waals surface area contributed by atoms with E-state index in [1.165, 1.54) is 0 Å².